The van der Waals surface area contributed by atoms with E-state index in [9.17, 15) is 4.79 Å². The molecule has 0 unspecified atom stereocenters. The third-order valence-electron chi connectivity index (χ3n) is 3.26. The molecule has 0 saturated carbocycles. The second-order valence-electron chi connectivity index (χ2n) is 5.05. The quantitative estimate of drug-likeness (QED) is 0.720. The summed E-state index contributed by atoms with van der Waals surface area (Å²) in [4.78, 5) is 21.4. The lowest BCUT2D eigenvalue weighted by Gasteiger charge is -2.12. The van der Waals surface area contributed by atoms with Gasteiger partial charge in [-0.3, -0.25) is 0 Å². The summed E-state index contributed by atoms with van der Waals surface area (Å²) in [7, 11) is 3.40. The van der Waals surface area contributed by atoms with E-state index in [0.717, 1.165) is 16.5 Å². The van der Waals surface area contributed by atoms with Crippen LogP contribution in [-0.4, -0.2) is 48.1 Å². The van der Waals surface area contributed by atoms with Gasteiger partial charge < -0.3 is 20.0 Å². The van der Waals surface area contributed by atoms with Crippen LogP contribution in [0.5, 0.6) is 0 Å². The van der Waals surface area contributed by atoms with Crippen molar-refractivity contribution in [1.29, 1.82) is 0 Å². The van der Waals surface area contributed by atoms with Gasteiger partial charge in [-0.1, -0.05) is 12.1 Å². The van der Waals surface area contributed by atoms with E-state index in [1.807, 2.05) is 24.3 Å². The Morgan fingerprint density at radius 3 is 2.86 bits per heavy atom. The van der Waals surface area contributed by atoms with Gasteiger partial charge in [0.25, 0.3) is 0 Å². The number of nitrogens with one attached hydrogen (secondary N) is 2. The van der Waals surface area contributed by atoms with Crippen molar-refractivity contribution in [3.63, 3.8) is 0 Å². The Labute approximate surface area is 127 Å². The van der Waals surface area contributed by atoms with E-state index in [-0.39, 0.29) is 6.03 Å². The highest BCUT2D eigenvalue weighted by Crippen LogP contribution is 2.29. The van der Waals surface area contributed by atoms with Crippen molar-refractivity contribution in [2.45, 2.75) is 0 Å². The zero-order valence-corrected chi connectivity index (χ0v) is 12.5. The van der Waals surface area contributed by atoms with Crippen molar-refractivity contribution in [3.8, 4) is 0 Å². The minimum absolute atomic E-state index is 0.127. The Balaban J connectivity index is 1.75. The summed E-state index contributed by atoms with van der Waals surface area (Å²) in [5, 5.41) is 6.90. The summed E-state index contributed by atoms with van der Waals surface area (Å²) in [6.07, 6.45) is 1.50. The number of para-hydroxylation sites is 1. The molecule has 0 aliphatic rings. The van der Waals surface area contributed by atoms with E-state index in [1.54, 1.807) is 14.1 Å². The summed E-state index contributed by atoms with van der Waals surface area (Å²) < 4.78 is 5.82. The number of aromatic nitrogens is 2. The summed E-state index contributed by atoms with van der Waals surface area (Å²) >= 11 is 0. The number of fused-ring (bicyclic) bond motifs is 3. The number of carbonyl (C=O) groups is 1. The summed E-state index contributed by atoms with van der Waals surface area (Å²) in [6, 6.07) is 7.61. The molecule has 22 heavy (non-hydrogen) atoms. The lowest BCUT2D eigenvalue weighted by atomic mass is 10.2. The van der Waals surface area contributed by atoms with Crippen molar-refractivity contribution in [2.75, 3.05) is 32.5 Å². The Morgan fingerprint density at radius 1 is 1.23 bits per heavy atom. The first kappa shape index (κ1) is 14.1. The lowest BCUT2D eigenvalue weighted by Crippen LogP contribution is -2.37. The van der Waals surface area contributed by atoms with E-state index in [2.05, 4.69) is 20.6 Å². The SMILES string of the molecule is CN(C)C(=O)NCCNc1ncnc2c1oc1ccccc12. The molecule has 2 N–H and O–H groups in total. The van der Waals surface area contributed by atoms with Crippen LogP contribution in [0.3, 0.4) is 0 Å². The normalized spacial score (nSPS) is 10.8. The Morgan fingerprint density at radius 2 is 2.05 bits per heavy atom. The van der Waals surface area contributed by atoms with Crippen molar-refractivity contribution in [3.05, 3.63) is 30.6 Å². The molecule has 114 valence electrons. The first-order chi connectivity index (χ1) is 10.7. The molecule has 0 radical (unpaired) electrons. The van der Waals surface area contributed by atoms with Crippen molar-refractivity contribution >= 4 is 33.9 Å². The van der Waals surface area contributed by atoms with Crippen LogP contribution in [0.15, 0.2) is 35.0 Å². The Kier molecular flexibility index (Phi) is 3.78. The summed E-state index contributed by atoms with van der Waals surface area (Å²) in [6.45, 7) is 1.03. The summed E-state index contributed by atoms with van der Waals surface area (Å²) in [5.74, 6) is 0.625. The molecule has 2 amide bonds. The van der Waals surface area contributed by atoms with Crippen LogP contribution in [0.25, 0.3) is 22.1 Å². The minimum atomic E-state index is -0.127. The van der Waals surface area contributed by atoms with Gasteiger partial charge in [-0.15, -0.1) is 0 Å². The van der Waals surface area contributed by atoms with E-state index >= 15 is 0 Å². The molecular formula is C15H17N5O2. The minimum Gasteiger partial charge on any atom is -0.450 e. The number of nitrogens with zero attached hydrogens (tertiary/aromatic N) is 3. The predicted octanol–water partition coefficient (Wildman–Crippen LogP) is 2.06. The monoisotopic (exact) mass is 299 g/mol. The first-order valence-electron chi connectivity index (χ1n) is 6.98. The average Bonchev–Trinajstić information content (AvgIpc) is 2.90. The number of rotatable bonds is 4. The van der Waals surface area contributed by atoms with E-state index in [4.69, 9.17) is 4.42 Å². The number of hydrogen-bond acceptors (Lipinski definition) is 5. The van der Waals surface area contributed by atoms with Gasteiger partial charge in [0, 0.05) is 32.6 Å². The van der Waals surface area contributed by atoms with Gasteiger partial charge in [-0.25, -0.2) is 14.8 Å². The number of furan rings is 1. The topological polar surface area (TPSA) is 83.3 Å². The molecule has 7 heteroatoms. The van der Waals surface area contributed by atoms with E-state index in [0.29, 0.717) is 24.5 Å². The second-order valence-corrected chi connectivity index (χ2v) is 5.05. The molecular weight excluding hydrogens is 282 g/mol. The van der Waals surface area contributed by atoms with E-state index in [1.165, 1.54) is 11.2 Å². The van der Waals surface area contributed by atoms with Crippen LogP contribution in [0.1, 0.15) is 0 Å². The number of anilines is 1. The predicted molar refractivity (Wildman–Crippen MR) is 84.9 cm³/mol. The average molecular weight is 299 g/mol. The standard InChI is InChI=1S/C15H17N5O2/c1-20(2)15(21)17-8-7-16-14-13-12(18-9-19-14)10-5-3-4-6-11(10)22-13/h3-6,9H,7-8H2,1-2H3,(H,17,21)(H,16,18,19). The molecule has 1 aromatic carbocycles. The fourth-order valence-corrected chi connectivity index (χ4v) is 2.16. The molecule has 2 aromatic heterocycles. The fraction of sp³-hybridized carbons (Fsp3) is 0.267. The van der Waals surface area contributed by atoms with Crippen LogP contribution in [0.4, 0.5) is 10.6 Å². The largest absolute Gasteiger partial charge is 0.450 e. The maximum absolute atomic E-state index is 11.4. The Hall–Kier alpha value is -2.83. The van der Waals surface area contributed by atoms with E-state index < -0.39 is 0 Å². The van der Waals surface area contributed by atoms with Gasteiger partial charge >= 0.3 is 6.03 Å². The number of benzene rings is 1. The third-order valence-corrected chi connectivity index (χ3v) is 3.26. The van der Waals surface area contributed by atoms with Gasteiger partial charge in [0.1, 0.15) is 17.4 Å². The highest BCUT2D eigenvalue weighted by molar-refractivity contribution is 6.05. The maximum Gasteiger partial charge on any atom is 0.316 e. The molecule has 0 aliphatic heterocycles. The summed E-state index contributed by atoms with van der Waals surface area (Å²) in [5.41, 5.74) is 2.19. The molecule has 3 aromatic rings. The van der Waals surface area contributed by atoms with Gasteiger partial charge in [0.2, 0.25) is 0 Å². The zero-order valence-electron chi connectivity index (χ0n) is 12.5. The molecule has 0 aliphatic carbocycles. The number of amides is 2. The smallest absolute Gasteiger partial charge is 0.316 e. The second kappa shape index (κ2) is 5.88. The van der Waals surface area contributed by atoms with Crippen molar-refractivity contribution < 1.29 is 9.21 Å². The van der Waals surface area contributed by atoms with Gasteiger partial charge in [0.15, 0.2) is 11.4 Å². The maximum atomic E-state index is 11.4. The molecule has 0 bridgehead atoms. The highest BCUT2D eigenvalue weighted by Gasteiger charge is 2.12. The van der Waals surface area contributed by atoms with Crippen LogP contribution in [0, 0.1) is 0 Å². The van der Waals surface area contributed by atoms with Gasteiger partial charge in [-0.2, -0.15) is 0 Å². The van der Waals surface area contributed by atoms with Crippen molar-refractivity contribution in [2.24, 2.45) is 0 Å². The third kappa shape index (κ3) is 2.65. The highest BCUT2D eigenvalue weighted by atomic mass is 16.3. The molecule has 0 saturated heterocycles. The van der Waals surface area contributed by atoms with Crippen molar-refractivity contribution in [1.82, 2.24) is 20.2 Å². The zero-order chi connectivity index (χ0) is 15.5. The number of carbonyl (C=O) groups excluding carboxylic acids is 1. The lowest BCUT2D eigenvalue weighted by molar-refractivity contribution is 0.218. The van der Waals surface area contributed by atoms with Crippen LogP contribution in [0.2, 0.25) is 0 Å². The fourth-order valence-electron chi connectivity index (χ4n) is 2.16. The molecule has 0 fully saturated rings. The first-order valence-corrected chi connectivity index (χ1v) is 6.98. The molecule has 3 rings (SSSR count). The number of urea groups is 1. The van der Waals surface area contributed by atoms with Gasteiger partial charge in [0.05, 0.1) is 0 Å². The number of hydrogen-bond donors (Lipinski definition) is 2. The van der Waals surface area contributed by atoms with Gasteiger partial charge in [-0.05, 0) is 12.1 Å². The van der Waals surface area contributed by atoms with Crippen LogP contribution < -0.4 is 10.6 Å². The molecule has 2 heterocycles. The van der Waals surface area contributed by atoms with Crippen LogP contribution >= 0.6 is 0 Å². The molecule has 0 spiro atoms. The Bertz CT molecular complexity index is 812. The molecule has 7 nitrogen and oxygen atoms in total. The molecule has 0 atom stereocenters. The van der Waals surface area contributed by atoms with Crippen LogP contribution in [-0.2, 0) is 0 Å².